The standard InChI is InChI=1S/C34H41N3O2/c1-6-8-22-37-31(24-36(21-7-2)23-27-15-19-29(20-16-27)34(38)39-5)32(28-17-13-25(3)14-18-28)35-33(37)30-12-10-9-11-26(30)4/h9-20H,6-8,21-24H2,1-5H3. The Morgan fingerprint density at radius 1 is 0.897 bits per heavy atom. The number of hydrogen-bond acceptors (Lipinski definition) is 4. The molecule has 0 aliphatic heterocycles. The van der Waals surface area contributed by atoms with Crippen LogP contribution in [0.2, 0.25) is 0 Å². The van der Waals surface area contributed by atoms with Crippen molar-refractivity contribution in [3.63, 3.8) is 0 Å². The maximum Gasteiger partial charge on any atom is 0.337 e. The van der Waals surface area contributed by atoms with Gasteiger partial charge in [-0.3, -0.25) is 4.90 Å². The van der Waals surface area contributed by atoms with E-state index < -0.39 is 0 Å². The molecule has 39 heavy (non-hydrogen) atoms. The van der Waals surface area contributed by atoms with E-state index in [-0.39, 0.29) is 5.97 Å². The van der Waals surface area contributed by atoms with Crippen LogP contribution in [-0.2, 0) is 24.4 Å². The molecule has 0 unspecified atom stereocenters. The number of nitrogens with zero attached hydrogens (tertiary/aromatic N) is 3. The van der Waals surface area contributed by atoms with Gasteiger partial charge in [-0.2, -0.15) is 0 Å². The fourth-order valence-corrected chi connectivity index (χ4v) is 5.04. The van der Waals surface area contributed by atoms with Crippen LogP contribution in [0.25, 0.3) is 22.6 Å². The number of benzene rings is 3. The number of esters is 1. The Kier molecular flexibility index (Phi) is 9.72. The lowest BCUT2D eigenvalue weighted by Crippen LogP contribution is -2.25. The molecule has 0 fully saturated rings. The molecule has 3 aromatic carbocycles. The molecule has 1 heterocycles. The minimum atomic E-state index is -0.307. The first-order valence-electron chi connectivity index (χ1n) is 14.1. The zero-order chi connectivity index (χ0) is 27.8. The highest BCUT2D eigenvalue weighted by Gasteiger charge is 2.22. The van der Waals surface area contributed by atoms with Gasteiger partial charge in [0, 0.05) is 30.8 Å². The van der Waals surface area contributed by atoms with Gasteiger partial charge < -0.3 is 9.30 Å². The SMILES string of the molecule is CCCCn1c(-c2ccccc2C)nc(-c2ccc(C)cc2)c1CN(CCC)Cc1ccc(C(=O)OC)cc1. The summed E-state index contributed by atoms with van der Waals surface area (Å²) < 4.78 is 7.33. The molecule has 0 saturated carbocycles. The quantitative estimate of drug-likeness (QED) is 0.178. The molecule has 0 saturated heterocycles. The second-order valence-corrected chi connectivity index (χ2v) is 10.3. The Hall–Kier alpha value is -3.70. The smallest absolute Gasteiger partial charge is 0.337 e. The van der Waals surface area contributed by atoms with Gasteiger partial charge in [-0.15, -0.1) is 0 Å². The first kappa shape index (κ1) is 28.3. The van der Waals surface area contributed by atoms with Crippen LogP contribution < -0.4 is 0 Å². The second kappa shape index (κ2) is 13.4. The summed E-state index contributed by atoms with van der Waals surface area (Å²) in [6.45, 7) is 12.2. The fourth-order valence-electron chi connectivity index (χ4n) is 5.04. The molecule has 4 rings (SSSR count). The van der Waals surface area contributed by atoms with Crippen LogP contribution in [0.15, 0.2) is 72.8 Å². The summed E-state index contributed by atoms with van der Waals surface area (Å²) in [5.41, 5.74) is 8.88. The molecule has 1 aromatic heterocycles. The number of methoxy groups -OCH3 is 1. The van der Waals surface area contributed by atoms with E-state index >= 15 is 0 Å². The summed E-state index contributed by atoms with van der Waals surface area (Å²) in [6.07, 6.45) is 3.27. The summed E-state index contributed by atoms with van der Waals surface area (Å²) in [6, 6.07) is 25.1. The van der Waals surface area contributed by atoms with E-state index in [0.29, 0.717) is 5.56 Å². The number of carbonyl (C=O) groups is 1. The molecule has 5 heteroatoms. The molecule has 0 atom stereocenters. The monoisotopic (exact) mass is 523 g/mol. The lowest BCUT2D eigenvalue weighted by molar-refractivity contribution is 0.0600. The predicted octanol–water partition coefficient (Wildman–Crippen LogP) is 7.83. The van der Waals surface area contributed by atoms with Gasteiger partial charge in [-0.25, -0.2) is 9.78 Å². The third-order valence-electron chi connectivity index (χ3n) is 7.21. The Bertz CT molecular complexity index is 1370. The van der Waals surface area contributed by atoms with Crippen molar-refractivity contribution in [1.29, 1.82) is 0 Å². The van der Waals surface area contributed by atoms with Crippen molar-refractivity contribution in [3.05, 3.63) is 101 Å². The van der Waals surface area contributed by atoms with E-state index in [9.17, 15) is 4.79 Å². The van der Waals surface area contributed by atoms with Gasteiger partial charge in [0.2, 0.25) is 0 Å². The van der Waals surface area contributed by atoms with Crippen molar-refractivity contribution in [2.24, 2.45) is 0 Å². The van der Waals surface area contributed by atoms with E-state index in [1.54, 1.807) is 0 Å². The number of imidazole rings is 1. The highest BCUT2D eigenvalue weighted by atomic mass is 16.5. The highest BCUT2D eigenvalue weighted by molar-refractivity contribution is 5.89. The Morgan fingerprint density at radius 3 is 2.26 bits per heavy atom. The molecule has 0 amide bonds. The predicted molar refractivity (Wildman–Crippen MR) is 160 cm³/mol. The minimum absolute atomic E-state index is 0.307. The zero-order valence-electron chi connectivity index (χ0n) is 24.0. The third kappa shape index (κ3) is 6.85. The summed E-state index contributed by atoms with van der Waals surface area (Å²) in [4.78, 5) is 19.7. The summed E-state index contributed by atoms with van der Waals surface area (Å²) in [7, 11) is 1.41. The summed E-state index contributed by atoms with van der Waals surface area (Å²) in [5.74, 6) is 0.740. The zero-order valence-corrected chi connectivity index (χ0v) is 24.0. The number of unbranched alkanes of at least 4 members (excludes halogenated alkanes) is 1. The van der Waals surface area contributed by atoms with Gasteiger partial charge in [-0.05, 0) is 56.5 Å². The Balaban J connectivity index is 1.78. The fraction of sp³-hybridized carbons (Fsp3) is 0.353. The summed E-state index contributed by atoms with van der Waals surface area (Å²) in [5, 5.41) is 0. The first-order valence-corrected chi connectivity index (χ1v) is 14.1. The molecule has 4 aromatic rings. The summed E-state index contributed by atoms with van der Waals surface area (Å²) >= 11 is 0. The molecule has 0 aliphatic carbocycles. The lowest BCUT2D eigenvalue weighted by Gasteiger charge is -2.24. The van der Waals surface area contributed by atoms with Crippen LogP contribution in [0.5, 0.6) is 0 Å². The van der Waals surface area contributed by atoms with E-state index in [0.717, 1.165) is 62.5 Å². The van der Waals surface area contributed by atoms with Crippen molar-refractivity contribution >= 4 is 5.97 Å². The Labute approximate surface area is 233 Å². The van der Waals surface area contributed by atoms with Crippen LogP contribution in [0, 0.1) is 13.8 Å². The molecule has 0 bridgehead atoms. The van der Waals surface area contributed by atoms with Gasteiger partial charge in [0.25, 0.3) is 0 Å². The van der Waals surface area contributed by atoms with E-state index in [2.05, 4.69) is 85.7 Å². The third-order valence-corrected chi connectivity index (χ3v) is 7.21. The second-order valence-electron chi connectivity index (χ2n) is 10.3. The molecular weight excluding hydrogens is 482 g/mol. The number of aryl methyl sites for hydroxylation is 2. The average molecular weight is 524 g/mol. The van der Waals surface area contributed by atoms with Gasteiger partial charge in [0.05, 0.1) is 24.1 Å². The van der Waals surface area contributed by atoms with Crippen molar-refractivity contribution in [1.82, 2.24) is 14.5 Å². The van der Waals surface area contributed by atoms with Crippen LogP contribution in [0.4, 0.5) is 0 Å². The molecule has 204 valence electrons. The lowest BCUT2D eigenvalue weighted by atomic mass is 10.1. The number of carbonyl (C=O) groups excluding carboxylic acids is 1. The van der Waals surface area contributed by atoms with Crippen LogP contribution in [0.3, 0.4) is 0 Å². The highest BCUT2D eigenvalue weighted by Crippen LogP contribution is 2.33. The number of aromatic nitrogens is 2. The van der Waals surface area contributed by atoms with Gasteiger partial charge >= 0.3 is 5.97 Å². The number of rotatable bonds is 12. The van der Waals surface area contributed by atoms with Crippen LogP contribution in [0.1, 0.15) is 65.9 Å². The van der Waals surface area contributed by atoms with Crippen molar-refractivity contribution in [2.75, 3.05) is 13.7 Å². The molecule has 0 spiro atoms. The van der Waals surface area contributed by atoms with Crippen LogP contribution in [-0.4, -0.2) is 34.1 Å². The topological polar surface area (TPSA) is 47.4 Å². The molecule has 0 N–H and O–H groups in total. The van der Waals surface area contributed by atoms with Gasteiger partial charge in [-0.1, -0.05) is 86.5 Å². The van der Waals surface area contributed by atoms with Crippen molar-refractivity contribution < 1.29 is 9.53 Å². The normalized spacial score (nSPS) is 11.2. The maximum atomic E-state index is 11.9. The average Bonchev–Trinajstić information content (AvgIpc) is 3.30. The van der Waals surface area contributed by atoms with E-state index in [4.69, 9.17) is 9.72 Å². The Morgan fingerprint density at radius 2 is 1.62 bits per heavy atom. The number of hydrogen-bond donors (Lipinski definition) is 0. The van der Waals surface area contributed by atoms with Crippen molar-refractivity contribution in [3.8, 4) is 22.6 Å². The van der Waals surface area contributed by atoms with Crippen LogP contribution >= 0.6 is 0 Å². The molecular formula is C34H41N3O2. The molecule has 5 nitrogen and oxygen atoms in total. The number of ether oxygens (including phenoxy) is 1. The largest absolute Gasteiger partial charge is 0.465 e. The maximum absolute atomic E-state index is 11.9. The van der Waals surface area contributed by atoms with Gasteiger partial charge in [0.15, 0.2) is 0 Å². The molecule has 0 radical (unpaired) electrons. The van der Waals surface area contributed by atoms with E-state index in [1.807, 2.05) is 24.3 Å². The molecule has 0 aliphatic rings. The first-order chi connectivity index (χ1) is 18.9. The van der Waals surface area contributed by atoms with E-state index in [1.165, 1.54) is 35.1 Å². The van der Waals surface area contributed by atoms with Crippen molar-refractivity contribution in [2.45, 2.75) is 66.6 Å². The van der Waals surface area contributed by atoms with Gasteiger partial charge in [0.1, 0.15) is 5.82 Å². The minimum Gasteiger partial charge on any atom is -0.465 e.